The second-order valence-corrected chi connectivity index (χ2v) is 3.61. The van der Waals surface area contributed by atoms with Crippen LogP contribution in [0, 0.1) is 0 Å². The van der Waals surface area contributed by atoms with Crippen molar-refractivity contribution in [3.05, 3.63) is 36.2 Å². The first-order valence-electron chi connectivity index (χ1n) is 5.09. The van der Waals surface area contributed by atoms with Gasteiger partial charge in [0, 0.05) is 6.04 Å². The molecule has 0 bridgehead atoms. The standard InChI is InChI=1S/C11H14N4O/c1-8(12-2)11-7-15(14-13-11)9-3-5-10(16)6-4-9/h3-8,12,16H,1-2H3. The van der Waals surface area contributed by atoms with Gasteiger partial charge in [-0.15, -0.1) is 5.10 Å². The van der Waals surface area contributed by atoms with Crippen LogP contribution in [0.4, 0.5) is 0 Å². The minimum Gasteiger partial charge on any atom is -0.508 e. The van der Waals surface area contributed by atoms with E-state index in [2.05, 4.69) is 15.6 Å². The molecule has 1 unspecified atom stereocenters. The summed E-state index contributed by atoms with van der Waals surface area (Å²) in [5.41, 5.74) is 1.76. The zero-order valence-electron chi connectivity index (χ0n) is 9.25. The molecule has 2 N–H and O–H groups in total. The van der Waals surface area contributed by atoms with Crippen LogP contribution in [0.2, 0.25) is 0 Å². The van der Waals surface area contributed by atoms with Crippen LogP contribution in [0.3, 0.4) is 0 Å². The van der Waals surface area contributed by atoms with Crippen molar-refractivity contribution < 1.29 is 5.11 Å². The quantitative estimate of drug-likeness (QED) is 0.814. The molecule has 0 aliphatic heterocycles. The van der Waals surface area contributed by atoms with Gasteiger partial charge in [-0.2, -0.15) is 0 Å². The second kappa shape index (κ2) is 4.32. The molecule has 1 aromatic heterocycles. The summed E-state index contributed by atoms with van der Waals surface area (Å²) in [5.74, 6) is 0.243. The fourth-order valence-electron chi connectivity index (χ4n) is 1.35. The Labute approximate surface area is 93.7 Å². The maximum Gasteiger partial charge on any atom is 0.115 e. The van der Waals surface area contributed by atoms with Gasteiger partial charge in [-0.25, -0.2) is 4.68 Å². The van der Waals surface area contributed by atoms with Crippen LogP contribution in [0.15, 0.2) is 30.5 Å². The minimum atomic E-state index is 0.172. The normalized spacial score (nSPS) is 12.6. The number of aromatic nitrogens is 3. The minimum absolute atomic E-state index is 0.172. The highest BCUT2D eigenvalue weighted by molar-refractivity contribution is 5.35. The second-order valence-electron chi connectivity index (χ2n) is 3.61. The molecule has 0 saturated heterocycles. The largest absolute Gasteiger partial charge is 0.508 e. The van der Waals surface area contributed by atoms with Crippen LogP contribution in [-0.4, -0.2) is 27.1 Å². The van der Waals surface area contributed by atoms with Gasteiger partial charge in [-0.1, -0.05) is 5.21 Å². The van der Waals surface area contributed by atoms with Gasteiger partial charge in [0.2, 0.25) is 0 Å². The molecule has 0 aliphatic carbocycles. The predicted molar refractivity (Wildman–Crippen MR) is 60.5 cm³/mol. The third-order valence-corrected chi connectivity index (χ3v) is 2.50. The number of phenolic OH excluding ortho intramolecular Hbond substituents is 1. The van der Waals surface area contributed by atoms with Crippen LogP contribution < -0.4 is 5.32 Å². The fourth-order valence-corrected chi connectivity index (χ4v) is 1.35. The van der Waals surface area contributed by atoms with Crippen molar-refractivity contribution in [1.29, 1.82) is 0 Å². The van der Waals surface area contributed by atoms with Crippen LogP contribution in [0.25, 0.3) is 5.69 Å². The van der Waals surface area contributed by atoms with Gasteiger partial charge in [0.05, 0.1) is 17.6 Å². The topological polar surface area (TPSA) is 63.0 Å². The molecule has 0 radical (unpaired) electrons. The van der Waals surface area contributed by atoms with E-state index in [0.29, 0.717) is 0 Å². The highest BCUT2D eigenvalue weighted by Gasteiger charge is 2.08. The molecule has 5 nitrogen and oxygen atoms in total. The van der Waals surface area contributed by atoms with Crippen molar-refractivity contribution in [2.75, 3.05) is 7.05 Å². The number of aromatic hydroxyl groups is 1. The van der Waals surface area contributed by atoms with Gasteiger partial charge in [-0.05, 0) is 38.2 Å². The Morgan fingerprint density at radius 2 is 2.00 bits per heavy atom. The van der Waals surface area contributed by atoms with Gasteiger partial charge >= 0.3 is 0 Å². The summed E-state index contributed by atoms with van der Waals surface area (Å²) >= 11 is 0. The Bertz CT molecular complexity index is 463. The van der Waals surface area contributed by atoms with Crippen molar-refractivity contribution in [2.24, 2.45) is 0 Å². The number of hydrogen-bond acceptors (Lipinski definition) is 4. The Morgan fingerprint density at radius 1 is 1.31 bits per heavy atom. The molecule has 2 aromatic rings. The van der Waals surface area contributed by atoms with E-state index < -0.39 is 0 Å². The number of nitrogens with zero attached hydrogens (tertiary/aromatic N) is 3. The molecular weight excluding hydrogens is 204 g/mol. The molecule has 0 fully saturated rings. The zero-order chi connectivity index (χ0) is 11.5. The van der Waals surface area contributed by atoms with Gasteiger partial charge in [0.1, 0.15) is 5.75 Å². The SMILES string of the molecule is CNC(C)c1cn(-c2ccc(O)cc2)nn1. The van der Waals surface area contributed by atoms with Crippen molar-refractivity contribution in [2.45, 2.75) is 13.0 Å². The lowest BCUT2D eigenvalue weighted by Gasteiger charge is -2.03. The van der Waals surface area contributed by atoms with E-state index in [-0.39, 0.29) is 11.8 Å². The highest BCUT2D eigenvalue weighted by atomic mass is 16.3. The summed E-state index contributed by atoms with van der Waals surface area (Å²) in [7, 11) is 1.88. The van der Waals surface area contributed by atoms with Crippen LogP contribution in [0.1, 0.15) is 18.7 Å². The predicted octanol–water partition coefficient (Wildman–Crippen LogP) is 1.25. The zero-order valence-corrected chi connectivity index (χ0v) is 9.25. The lowest BCUT2D eigenvalue weighted by Crippen LogP contribution is -2.12. The maximum absolute atomic E-state index is 9.18. The lowest BCUT2D eigenvalue weighted by molar-refractivity contribution is 0.475. The van der Waals surface area contributed by atoms with E-state index >= 15 is 0 Å². The molecule has 1 atom stereocenters. The van der Waals surface area contributed by atoms with Gasteiger partial charge in [0.25, 0.3) is 0 Å². The summed E-state index contributed by atoms with van der Waals surface area (Å²) in [5, 5.41) is 20.4. The molecule has 1 aromatic carbocycles. The number of nitrogens with one attached hydrogen (secondary N) is 1. The third kappa shape index (κ3) is 2.04. The molecule has 16 heavy (non-hydrogen) atoms. The molecule has 5 heteroatoms. The number of phenols is 1. The molecule has 0 aliphatic rings. The number of rotatable bonds is 3. The maximum atomic E-state index is 9.18. The van der Waals surface area contributed by atoms with Gasteiger partial charge in [-0.3, -0.25) is 0 Å². The van der Waals surface area contributed by atoms with E-state index in [4.69, 9.17) is 0 Å². The van der Waals surface area contributed by atoms with E-state index in [1.807, 2.05) is 20.2 Å². The smallest absolute Gasteiger partial charge is 0.115 e. The van der Waals surface area contributed by atoms with E-state index in [9.17, 15) is 5.11 Å². The van der Waals surface area contributed by atoms with Crippen LogP contribution in [0.5, 0.6) is 5.75 Å². The summed E-state index contributed by atoms with van der Waals surface area (Å²) in [6.07, 6.45) is 1.87. The van der Waals surface area contributed by atoms with E-state index in [1.54, 1.807) is 28.9 Å². The van der Waals surface area contributed by atoms with Crippen LogP contribution in [-0.2, 0) is 0 Å². The molecule has 0 saturated carbocycles. The molecule has 0 spiro atoms. The van der Waals surface area contributed by atoms with Crippen molar-refractivity contribution in [3.63, 3.8) is 0 Å². The number of hydrogen-bond donors (Lipinski definition) is 2. The summed E-state index contributed by atoms with van der Waals surface area (Å²) in [4.78, 5) is 0. The molecular formula is C11H14N4O. The molecule has 84 valence electrons. The summed E-state index contributed by atoms with van der Waals surface area (Å²) < 4.78 is 1.68. The van der Waals surface area contributed by atoms with Crippen LogP contribution >= 0.6 is 0 Å². The average molecular weight is 218 g/mol. The first-order valence-corrected chi connectivity index (χ1v) is 5.09. The van der Waals surface area contributed by atoms with Gasteiger partial charge in [0.15, 0.2) is 0 Å². The highest BCUT2D eigenvalue weighted by Crippen LogP contribution is 2.14. The van der Waals surface area contributed by atoms with Crippen molar-refractivity contribution in [1.82, 2.24) is 20.3 Å². The van der Waals surface area contributed by atoms with Gasteiger partial charge < -0.3 is 10.4 Å². The fraction of sp³-hybridized carbons (Fsp3) is 0.273. The first kappa shape index (κ1) is 10.6. The Kier molecular flexibility index (Phi) is 2.87. The third-order valence-electron chi connectivity index (χ3n) is 2.50. The summed E-state index contributed by atoms with van der Waals surface area (Å²) in [6, 6.07) is 7.00. The number of benzene rings is 1. The van der Waals surface area contributed by atoms with E-state index in [0.717, 1.165) is 11.4 Å². The van der Waals surface area contributed by atoms with Crippen molar-refractivity contribution >= 4 is 0 Å². The Balaban J connectivity index is 2.28. The lowest BCUT2D eigenvalue weighted by atomic mass is 10.2. The summed E-state index contributed by atoms with van der Waals surface area (Å²) in [6.45, 7) is 2.02. The van der Waals surface area contributed by atoms with E-state index in [1.165, 1.54) is 0 Å². The van der Waals surface area contributed by atoms with Crippen molar-refractivity contribution in [3.8, 4) is 11.4 Å². The molecule has 1 heterocycles. The monoisotopic (exact) mass is 218 g/mol. The molecule has 2 rings (SSSR count). The Morgan fingerprint density at radius 3 is 2.62 bits per heavy atom. The molecule has 0 amide bonds. The Hall–Kier alpha value is -1.88. The average Bonchev–Trinajstić information content (AvgIpc) is 2.78. The first-order chi connectivity index (χ1) is 7.70.